The van der Waals surface area contributed by atoms with E-state index in [-0.39, 0.29) is 41.9 Å². The number of methoxy groups -OCH3 is 2. The van der Waals surface area contributed by atoms with Crippen LogP contribution in [0.4, 0.5) is 5.69 Å². The molecule has 0 aromatic heterocycles. The number of nitrogens with zero attached hydrogens (tertiary/aromatic N) is 1. The van der Waals surface area contributed by atoms with Crippen LogP contribution in [0.5, 0.6) is 11.5 Å². The first kappa shape index (κ1) is 22.3. The predicted molar refractivity (Wildman–Crippen MR) is 108 cm³/mol. The van der Waals surface area contributed by atoms with Crippen molar-refractivity contribution in [3.63, 3.8) is 0 Å². The molecule has 0 radical (unpaired) electrons. The Hall–Kier alpha value is -1.71. The van der Waals surface area contributed by atoms with E-state index in [0.717, 1.165) is 12.1 Å². The molecule has 1 aromatic carbocycles. The average molecular weight is 450 g/mol. The molecule has 0 fully saturated rings. The molecule has 1 atom stereocenters. The molecule has 136 valence electrons. The topological polar surface area (TPSA) is 98.0 Å². The molecule has 0 aliphatic heterocycles. The number of carbonyl (C=O) groups excluding carboxylic acids is 1. The highest BCUT2D eigenvalue weighted by Gasteiger charge is 2.06. The number of hydrogen-bond donors (Lipinski definition) is 3. The van der Waals surface area contributed by atoms with Gasteiger partial charge in [-0.25, -0.2) is 0 Å². The summed E-state index contributed by atoms with van der Waals surface area (Å²) < 4.78 is 10.4. The summed E-state index contributed by atoms with van der Waals surface area (Å²) in [4.78, 5) is 15.8. The molecule has 0 aliphatic rings. The fraction of sp³-hybridized carbons (Fsp3) is 0.500. The number of nitrogens with two attached hydrogens (primary N) is 1. The molecule has 1 unspecified atom stereocenters. The van der Waals surface area contributed by atoms with Crippen LogP contribution in [0.2, 0.25) is 0 Å². The molecule has 0 aliphatic carbocycles. The van der Waals surface area contributed by atoms with Crippen molar-refractivity contribution < 1.29 is 14.3 Å². The van der Waals surface area contributed by atoms with E-state index in [9.17, 15) is 4.79 Å². The molecule has 1 aromatic rings. The van der Waals surface area contributed by atoms with Crippen molar-refractivity contribution in [3.8, 4) is 11.5 Å². The van der Waals surface area contributed by atoms with Crippen LogP contribution in [-0.4, -0.2) is 38.7 Å². The summed E-state index contributed by atoms with van der Waals surface area (Å²) in [6.45, 7) is 4.32. The normalized spacial score (nSPS) is 11.9. The molecule has 4 N–H and O–H groups in total. The van der Waals surface area contributed by atoms with Gasteiger partial charge in [0.25, 0.3) is 0 Å². The van der Waals surface area contributed by atoms with Gasteiger partial charge >= 0.3 is 0 Å². The standard InChI is InChI=1S/C16H26N4O3.HI/c1-5-11(2)19-15(21)8-9-18-16(17)20-12-6-7-13(22-3)14(10-12)23-4;/h6-7,10-11H,5,8-9H2,1-4H3,(H,19,21)(H3,17,18,20);1H. The minimum absolute atomic E-state index is 0. The molecule has 0 spiro atoms. The van der Waals surface area contributed by atoms with Crippen LogP contribution in [0, 0.1) is 0 Å². The number of guanidine groups is 1. The lowest BCUT2D eigenvalue weighted by atomic mass is 10.2. The first-order valence-electron chi connectivity index (χ1n) is 7.58. The van der Waals surface area contributed by atoms with Gasteiger partial charge in [0.2, 0.25) is 5.91 Å². The van der Waals surface area contributed by atoms with E-state index in [0.29, 0.717) is 24.5 Å². The summed E-state index contributed by atoms with van der Waals surface area (Å²) in [5, 5.41) is 5.83. The largest absolute Gasteiger partial charge is 0.493 e. The van der Waals surface area contributed by atoms with Crippen LogP contribution in [0.25, 0.3) is 0 Å². The quantitative estimate of drug-likeness (QED) is 0.321. The molecule has 0 bridgehead atoms. The number of benzene rings is 1. The van der Waals surface area contributed by atoms with E-state index in [4.69, 9.17) is 15.2 Å². The fourth-order valence-corrected chi connectivity index (χ4v) is 1.83. The molecule has 0 heterocycles. The number of anilines is 1. The van der Waals surface area contributed by atoms with Gasteiger partial charge in [-0.2, -0.15) is 0 Å². The van der Waals surface area contributed by atoms with Crippen molar-refractivity contribution in [2.75, 3.05) is 26.1 Å². The van der Waals surface area contributed by atoms with Crippen molar-refractivity contribution in [1.29, 1.82) is 0 Å². The summed E-state index contributed by atoms with van der Waals surface area (Å²) in [5.74, 6) is 1.45. The Labute approximate surface area is 160 Å². The number of carbonyl (C=O) groups is 1. The van der Waals surface area contributed by atoms with E-state index in [1.807, 2.05) is 13.8 Å². The van der Waals surface area contributed by atoms with Crippen molar-refractivity contribution in [1.82, 2.24) is 5.32 Å². The molecule has 24 heavy (non-hydrogen) atoms. The van der Waals surface area contributed by atoms with Crippen LogP contribution < -0.4 is 25.8 Å². The molecular weight excluding hydrogens is 423 g/mol. The number of hydrogen-bond acceptors (Lipinski definition) is 4. The lowest BCUT2D eigenvalue weighted by molar-refractivity contribution is -0.121. The third kappa shape index (κ3) is 7.71. The van der Waals surface area contributed by atoms with E-state index in [2.05, 4.69) is 15.6 Å². The Kier molecular flexibility index (Phi) is 10.9. The average Bonchev–Trinajstić information content (AvgIpc) is 2.54. The monoisotopic (exact) mass is 450 g/mol. The van der Waals surface area contributed by atoms with Crippen molar-refractivity contribution in [2.24, 2.45) is 10.7 Å². The van der Waals surface area contributed by atoms with Gasteiger partial charge in [-0.1, -0.05) is 6.92 Å². The number of rotatable bonds is 8. The Bertz CT molecular complexity index is 552. The molecule has 0 saturated carbocycles. The summed E-state index contributed by atoms with van der Waals surface area (Å²) in [6, 6.07) is 5.51. The third-order valence-corrected chi connectivity index (χ3v) is 3.30. The Balaban J connectivity index is 0.00000529. The zero-order valence-electron chi connectivity index (χ0n) is 14.6. The first-order valence-corrected chi connectivity index (χ1v) is 7.58. The fourth-order valence-electron chi connectivity index (χ4n) is 1.83. The molecule has 0 saturated heterocycles. The van der Waals surface area contributed by atoms with Gasteiger partial charge in [-0.15, -0.1) is 24.0 Å². The maximum absolute atomic E-state index is 11.6. The highest BCUT2D eigenvalue weighted by atomic mass is 127. The number of amides is 1. The lowest BCUT2D eigenvalue weighted by Crippen LogP contribution is -2.32. The van der Waals surface area contributed by atoms with Crippen molar-refractivity contribution >= 4 is 41.5 Å². The van der Waals surface area contributed by atoms with Crippen LogP contribution in [-0.2, 0) is 4.79 Å². The molecule has 7 nitrogen and oxygen atoms in total. The summed E-state index contributed by atoms with van der Waals surface area (Å²) in [7, 11) is 3.14. The maximum atomic E-state index is 11.6. The molecule has 1 rings (SSSR count). The van der Waals surface area contributed by atoms with Gasteiger partial charge in [0, 0.05) is 24.2 Å². The van der Waals surface area contributed by atoms with E-state index in [1.165, 1.54) is 0 Å². The predicted octanol–water partition coefficient (Wildman–Crippen LogP) is 2.35. The zero-order chi connectivity index (χ0) is 17.2. The van der Waals surface area contributed by atoms with Gasteiger partial charge in [0.1, 0.15) is 0 Å². The Morgan fingerprint density at radius 1 is 1.29 bits per heavy atom. The van der Waals surface area contributed by atoms with Crippen molar-refractivity contribution in [2.45, 2.75) is 32.7 Å². The van der Waals surface area contributed by atoms with E-state index >= 15 is 0 Å². The summed E-state index contributed by atoms with van der Waals surface area (Å²) in [5.41, 5.74) is 6.55. The van der Waals surface area contributed by atoms with Crippen molar-refractivity contribution in [3.05, 3.63) is 18.2 Å². The van der Waals surface area contributed by atoms with Crippen LogP contribution in [0.1, 0.15) is 26.7 Å². The second kappa shape index (κ2) is 11.8. The minimum atomic E-state index is -0.0259. The van der Waals surface area contributed by atoms with Gasteiger partial charge < -0.3 is 25.8 Å². The van der Waals surface area contributed by atoms with E-state index in [1.54, 1.807) is 32.4 Å². The third-order valence-electron chi connectivity index (χ3n) is 3.30. The first-order chi connectivity index (χ1) is 11.0. The minimum Gasteiger partial charge on any atom is -0.493 e. The number of aliphatic imine (C=N–C) groups is 1. The smallest absolute Gasteiger partial charge is 0.222 e. The molecular formula is C16H27IN4O3. The highest BCUT2D eigenvalue weighted by molar-refractivity contribution is 14.0. The maximum Gasteiger partial charge on any atom is 0.222 e. The Morgan fingerprint density at radius 2 is 1.96 bits per heavy atom. The van der Waals surface area contributed by atoms with Gasteiger partial charge in [0.05, 0.1) is 20.8 Å². The number of nitrogens with one attached hydrogen (secondary N) is 2. The summed E-state index contributed by atoms with van der Waals surface area (Å²) in [6.07, 6.45) is 1.21. The lowest BCUT2D eigenvalue weighted by Gasteiger charge is -2.11. The van der Waals surface area contributed by atoms with Crippen LogP contribution in [0.15, 0.2) is 23.2 Å². The second-order valence-electron chi connectivity index (χ2n) is 5.09. The second-order valence-corrected chi connectivity index (χ2v) is 5.09. The number of ether oxygens (including phenoxy) is 2. The summed E-state index contributed by atoms with van der Waals surface area (Å²) >= 11 is 0. The Morgan fingerprint density at radius 3 is 2.54 bits per heavy atom. The van der Waals surface area contributed by atoms with E-state index < -0.39 is 0 Å². The van der Waals surface area contributed by atoms with Gasteiger partial charge in [0.15, 0.2) is 17.5 Å². The SMILES string of the molecule is CCC(C)NC(=O)CCN=C(N)Nc1ccc(OC)c(OC)c1.I. The number of halogens is 1. The van der Waals surface area contributed by atoms with Crippen LogP contribution >= 0.6 is 24.0 Å². The zero-order valence-corrected chi connectivity index (χ0v) is 16.9. The molecule has 1 amide bonds. The highest BCUT2D eigenvalue weighted by Crippen LogP contribution is 2.29. The van der Waals surface area contributed by atoms with Gasteiger partial charge in [-0.05, 0) is 25.5 Å². The molecule has 8 heteroatoms. The van der Waals surface area contributed by atoms with Gasteiger partial charge in [-0.3, -0.25) is 9.79 Å². The van der Waals surface area contributed by atoms with Crippen LogP contribution in [0.3, 0.4) is 0 Å².